The van der Waals surface area contributed by atoms with Crippen LogP contribution in [0.5, 0.6) is 5.88 Å². The number of nitrogens with zero attached hydrogens (tertiary/aromatic N) is 3. The molecule has 1 amide bonds. The number of fused-ring (bicyclic) bond motifs is 1. The summed E-state index contributed by atoms with van der Waals surface area (Å²) in [7, 11) is 5.57. The lowest BCUT2D eigenvalue weighted by Crippen LogP contribution is -2.20. The van der Waals surface area contributed by atoms with Crippen molar-refractivity contribution in [3.63, 3.8) is 0 Å². The molecule has 0 unspecified atom stereocenters. The molecule has 1 aliphatic carbocycles. The van der Waals surface area contributed by atoms with Crippen LogP contribution < -0.4 is 15.5 Å². The largest absolute Gasteiger partial charge is 0.478 e. The first-order valence-corrected chi connectivity index (χ1v) is 9.21. The number of ether oxygens (including phenoxy) is 1. The molecule has 0 fully saturated rings. The Morgan fingerprint density at radius 2 is 2.21 bits per heavy atom. The van der Waals surface area contributed by atoms with Gasteiger partial charge in [-0.1, -0.05) is 12.1 Å². The number of amides is 1. The van der Waals surface area contributed by atoms with Crippen LogP contribution in [0.4, 0.5) is 5.82 Å². The molecule has 9 heteroatoms. The molecule has 3 rings (SSSR count). The van der Waals surface area contributed by atoms with Crippen LogP contribution >= 0.6 is 0 Å². The smallest absolute Gasteiger partial charge is 0.278 e. The number of anilines is 1. The third-order valence-corrected chi connectivity index (χ3v) is 4.25. The molecule has 3 N–H and O–H groups in total. The first kappa shape index (κ1) is 19.8. The third-order valence-electron chi connectivity index (χ3n) is 4.25. The van der Waals surface area contributed by atoms with Gasteiger partial charge >= 0.3 is 0 Å². The molecule has 0 spiro atoms. The second kappa shape index (κ2) is 9.34. The molecule has 0 saturated carbocycles. The lowest BCUT2D eigenvalue weighted by atomic mass is 9.99. The molecule has 28 heavy (non-hydrogen) atoms. The summed E-state index contributed by atoms with van der Waals surface area (Å²) < 4.78 is 5.66. The number of hydroxylamine groups is 1. The summed E-state index contributed by atoms with van der Waals surface area (Å²) in [6.07, 6.45) is 4.51. The monoisotopic (exact) mass is 386 g/mol. The van der Waals surface area contributed by atoms with Crippen molar-refractivity contribution >= 4 is 17.4 Å². The van der Waals surface area contributed by atoms with Crippen molar-refractivity contribution in [1.29, 1.82) is 0 Å². The van der Waals surface area contributed by atoms with E-state index in [4.69, 9.17) is 9.57 Å². The Bertz CT molecular complexity index is 846. The van der Waals surface area contributed by atoms with Gasteiger partial charge in [-0.15, -0.1) is 0 Å². The fourth-order valence-electron chi connectivity index (χ4n) is 2.98. The molecule has 0 saturated heterocycles. The summed E-state index contributed by atoms with van der Waals surface area (Å²) in [6, 6.07) is 5.28. The predicted molar refractivity (Wildman–Crippen MR) is 106 cm³/mol. The van der Waals surface area contributed by atoms with Crippen LogP contribution in [-0.4, -0.2) is 60.3 Å². The van der Waals surface area contributed by atoms with E-state index >= 15 is 0 Å². The molecule has 2 aromatic rings. The van der Waals surface area contributed by atoms with E-state index in [9.17, 15) is 4.79 Å². The van der Waals surface area contributed by atoms with Crippen LogP contribution in [0.25, 0.3) is 5.70 Å². The average Bonchev–Trinajstić information content (AvgIpc) is 3.11. The van der Waals surface area contributed by atoms with Crippen molar-refractivity contribution in [1.82, 2.24) is 25.6 Å². The third kappa shape index (κ3) is 4.87. The molecule has 2 aromatic heterocycles. The van der Waals surface area contributed by atoms with Gasteiger partial charge in [0.2, 0.25) is 5.88 Å². The van der Waals surface area contributed by atoms with Crippen LogP contribution in [0, 0.1) is 0 Å². The van der Waals surface area contributed by atoms with Gasteiger partial charge in [-0.2, -0.15) is 10.1 Å². The molecule has 0 atom stereocenters. The zero-order valence-corrected chi connectivity index (χ0v) is 16.4. The average molecular weight is 386 g/mol. The van der Waals surface area contributed by atoms with E-state index in [-0.39, 0.29) is 5.91 Å². The summed E-state index contributed by atoms with van der Waals surface area (Å²) in [5.74, 6) is 0.538. The number of hydrogen-bond acceptors (Lipinski definition) is 7. The van der Waals surface area contributed by atoms with E-state index in [1.54, 1.807) is 18.2 Å². The number of aryl methyl sites for hydroxylation is 1. The minimum Gasteiger partial charge on any atom is -0.478 e. The normalized spacial score (nSPS) is 13.1. The number of carbonyl (C=O) groups is 1. The van der Waals surface area contributed by atoms with E-state index in [0.29, 0.717) is 24.0 Å². The minimum absolute atomic E-state index is 0.296. The lowest BCUT2D eigenvalue weighted by molar-refractivity contribution is 0.102. The number of allylic oxidation sites excluding steroid dienone is 1. The molecular weight excluding hydrogens is 360 g/mol. The standard InChI is InChI=1S/C19H26N6O3/c1-25(2)11-6-12-28-16-10-5-9-15(20-16)21-19(26)18-17-13(22-23-18)7-4-8-14(17)24-27-3/h5,8-10,24H,4,6-7,11-12H2,1-3H3,(H,22,23)(H,20,21,26). The number of aromatic amines is 1. The number of rotatable bonds is 9. The van der Waals surface area contributed by atoms with Crippen molar-refractivity contribution in [3.8, 4) is 5.88 Å². The van der Waals surface area contributed by atoms with Crippen molar-refractivity contribution in [2.24, 2.45) is 0 Å². The summed E-state index contributed by atoms with van der Waals surface area (Å²) in [5.41, 5.74) is 5.46. The highest BCUT2D eigenvalue weighted by Crippen LogP contribution is 2.26. The highest BCUT2D eigenvalue weighted by molar-refractivity contribution is 6.05. The van der Waals surface area contributed by atoms with Gasteiger partial charge in [0.1, 0.15) is 5.82 Å². The number of hydrogen-bond donors (Lipinski definition) is 3. The molecule has 9 nitrogen and oxygen atoms in total. The summed E-state index contributed by atoms with van der Waals surface area (Å²) in [6.45, 7) is 1.50. The van der Waals surface area contributed by atoms with E-state index in [1.165, 1.54) is 7.11 Å². The van der Waals surface area contributed by atoms with Crippen LogP contribution in [0.2, 0.25) is 0 Å². The Morgan fingerprint density at radius 3 is 3.00 bits per heavy atom. The molecule has 0 radical (unpaired) electrons. The number of nitrogens with one attached hydrogen (secondary N) is 3. The fraction of sp³-hybridized carbons (Fsp3) is 0.421. The zero-order chi connectivity index (χ0) is 19.9. The van der Waals surface area contributed by atoms with Crippen LogP contribution in [-0.2, 0) is 11.3 Å². The summed E-state index contributed by atoms with van der Waals surface area (Å²) in [5, 5.41) is 9.92. The highest BCUT2D eigenvalue weighted by Gasteiger charge is 2.25. The van der Waals surface area contributed by atoms with Crippen LogP contribution in [0.15, 0.2) is 24.3 Å². The molecule has 2 heterocycles. The number of pyridine rings is 1. The van der Waals surface area contributed by atoms with Crippen molar-refractivity contribution < 1.29 is 14.4 Å². The molecule has 150 valence electrons. The predicted octanol–water partition coefficient (Wildman–Crippen LogP) is 1.83. The van der Waals surface area contributed by atoms with E-state index in [2.05, 4.69) is 30.9 Å². The van der Waals surface area contributed by atoms with Gasteiger partial charge in [0.05, 0.1) is 25.0 Å². The van der Waals surface area contributed by atoms with Gasteiger partial charge in [0.25, 0.3) is 5.91 Å². The Morgan fingerprint density at radius 1 is 1.36 bits per heavy atom. The van der Waals surface area contributed by atoms with Gasteiger partial charge in [0, 0.05) is 18.3 Å². The zero-order valence-electron chi connectivity index (χ0n) is 16.4. The maximum absolute atomic E-state index is 12.8. The van der Waals surface area contributed by atoms with Crippen LogP contribution in [0.3, 0.4) is 0 Å². The Labute approximate surface area is 164 Å². The number of carbonyl (C=O) groups excluding carboxylic acids is 1. The highest BCUT2D eigenvalue weighted by atomic mass is 16.6. The molecule has 0 bridgehead atoms. The lowest BCUT2D eigenvalue weighted by Gasteiger charge is -2.15. The van der Waals surface area contributed by atoms with Gasteiger partial charge in [-0.25, -0.2) is 0 Å². The maximum atomic E-state index is 12.8. The number of H-pyrrole nitrogens is 1. The van der Waals surface area contributed by atoms with Gasteiger partial charge in [0.15, 0.2) is 5.69 Å². The fourth-order valence-corrected chi connectivity index (χ4v) is 2.98. The molecule has 0 aromatic carbocycles. The second-order valence-electron chi connectivity index (χ2n) is 6.71. The Balaban J connectivity index is 1.67. The summed E-state index contributed by atoms with van der Waals surface area (Å²) in [4.78, 5) is 24.2. The molecule has 1 aliphatic rings. The molecule has 0 aliphatic heterocycles. The number of aromatic nitrogens is 3. The van der Waals surface area contributed by atoms with E-state index in [0.717, 1.165) is 42.8 Å². The van der Waals surface area contributed by atoms with Gasteiger partial charge in [-0.05, 0) is 39.4 Å². The van der Waals surface area contributed by atoms with Crippen molar-refractivity contribution in [3.05, 3.63) is 41.2 Å². The SMILES string of the molecule is CONC1=CCCc2[nH]nc(C(=O)Nc3cccc(OCCCN(C)C)n3)c21. The molecular formula is C19H26N6O3. The van der Waals surface area contributed by atoms with Crippen LogP contribution in [0.1, 0.15) is 34.6 Å². The first-order valence-electron chi connectivity index (χ1n) is 9.21. The van der Waals surface area contributed by atoms with Crippen molar-refractivity contribution in [2.75, 3.05) is 39.7 Å². The van der Waals surface area contributed by atoms with E-state index in [1.807, 2.05) is 20.2 Å². The van der Waals surface area contributed by atoms with Gasteiger partial charge < -0.3 is 15.0 Å². The maximum Gasteiger partial charge on any atom is 0.278 e. The Hall–Kier alpha value is -2.91. The topological polar surface area (TPSA) is 104 Å². The van der Waals surface area contributed by atoms with E-state index < -0.39 is 0 Å². The summed E-state index contributed by atoms with van der Waals surface area (Å²) >= 11 is 0. The first-order chi connectivity index (χ1) is 13.6. The van der Waals surface area contributed by atoms with Gasteiger partial charge in [-0.3, -0.25) is 20.2 Å². The minimum atomic E-state index is -0.347. The van der Waals surface area contributed by atoms with Crippen molar-refractivity contribution in [2.45, 2.75) is 19.3 Å². The quantitative estimate of drug-likeness (QED) is 0.446. The second-order valence-corrected chi connectivity index (χ2v) is 6.71. The Kier molecular flexibility index (Phi) is 6.62.